The third-order valence-electron chi connectivity index (χ3n) is 4.27. The topological polar surface area (TPSA) is 74.3 Å². The molecule has 1 saturated heterocycles. The van der Waals surface area contributed by atoms with Gasteiger partial charge in [0.25, 0.3) is 5.91 Å². The first-order chi connectivity index (χ1) is 12.2. The van der Waals surface area contributed by atoms with E-state index < -0.39 is 0 Å². The van der Waals surface area contributed by atoms with Gasteiger partial charge in [-0.3, -0.25) is 19.5 Å². The summed E-state index contributed by atoms with van der Waals surface area (Å²) in [5.41, 5.74) is 1.39. The van der Waals surface area contributed by atoms with Gasteiger partial charge in [-0.25, -0.2) is 0 Å². The zero-order chi connectivity index (χ0) is 17.5. The summed E-state index contributed by atoms with van der Waals surface area (Å²) in [6, 6.07) is 13.1. The van der Waals surface area contributed by atoms with Gasteiger partial charge in [0.15, 0.2) is 0 Å². The molecule has 0 radical (unpaired) electrons. The normalized spacial score (nSPS) is 15.5. The number of likely N-dealkylation sites (tertiary alicyclic amines) is 1. The van der Waals surface area contributed by atoms with Crippen molar-refractivity contribution in [2.75, 3.05) is 25.0 Å². The number of anilines is 1. The van der Waals surface area contributed by atoms with Gasteiger partial charge in [-0.1, -0.05) is 18.2 Å². The van der Waals surface area contributed by atoms with Crippen LogP contribution in [0.4, 0.5) is 5.69 Å². The monoisotopic (exact) mass is 338 g/mol. The van der Waals surface area contributed by atoms with Gasteiger partial charge in [0.05, 0.1) is 12.1 Å². The van der Waals surface area contributed by atoms with Crippen LogP contribution in [-0.2, 0) is 4.79 Å². The first-order valence-corrected chi connectivity index (χ1v) is 8.49. The number of pyridine rings is 1. The van der Waals surface area contributed by atoms with Crippen LogP contribution in [-0.4, -0.2) is 47.4 Å². The Labute approximate surface area is 147 Å². The quantitative estimate of drug-likeness (QED) is 0.873. The standard InChI is InChI=1S/C19H22N4O2/c24-18(21-16-6-2-1-3-7-16)14-23-11-8-17(9-12-23)22-19(25)15-5-4-10-20-13-15/h1-7,10,13,17H,8-9,11-12,14H2,(H,21,24)(H,22,25). The van der Waals surface area contributed by atoms with E-state index in [4.69, 9.17) is 0 Å². The summed E-state index contributed by atoms with van der Waals surface area (Å²) >= 11 is 0. The van der Waals surface area contributed by atoms with Gasteiger partial charge in [-0.05, 0) is 37.1 Å². The molecular formula is C19H22N4O2. The summed E-state index contributed by atoms with van der Waals surface area (Å²) in [6.45, 7) is 1.96. The van der Waals surface area contributed by atoms with Crippen LogP contribution in [0, 0.1) is 0 Å². The fourth-order valence-electron chi connectivity index (χ4n) is 2.93. The van der Waals surface area contributed by atoms with Crippen molar-refractivity contribution in [2.45, 2.75) is 18.9 Å². The summed E-state index contributed by atoms with van der Waals surface area (Å²) in [5.74, 6) is -0.0996. The highest BCUT2D eigenvalue weighted by Gasteiger charge is 2.22. The van der Waals surface area contributed by atoms with Crippen molar-refractivity contribution in [3.8, 4) is 0 Å². The van der Waals surface area contributed by atoms with Gasteiger partial charge >= 0.3 is 0 Å². The van der Waals surface area contributed by atoms with Crippen LogP contribution in [0.25, 0.3) is 0 Å². The van der Waals surface area contributed by atoms with Gasteiger partial charge in [0.1, 0.15) is 0 Å². The van der Waals surface area contributed by atoms with Crippen molar-refractivity contribution in [1.29, 1.82) is 0 Å². The highest BCUT2D eigenvalue weighted by atomic mass is 16.2. The van der Waals surface area contributed by atoms with Crippen molar-refractivity contribution in [1.82, 2.24) is 15.2 Å². The number of carbonyl (C=O) groups is 2. The van der Waals surface area contributed by atoms with Crippen LogP contribution in [0.3, 0.4) is 0 Å². The van der Waals surface area contributed by atoms with E-state index in [-0.39, 0.29) is 17.9 Å². The fraction of sp³-hybridized carbons (Fsp3) is 0.316. The van der Waals surface area contributed by atoms with E-state index in [1.54, 1.807) is 24.5 Å². The molecule has 1 aromatic carbocycles. The highest BCUT2D eigenvalue weighted by molar-refractivity contribution is 5.94. The summed E-state index contributed by atoms with van der Waals surface area (Å²) in [5, 5.41) is 5.94. The molecule has 0 unspecified atom stereocenters. The molecule has 3 rings (SSSR count). The molecule has 0 aliphatic carbocycles. The first-order valence-electron chi connectivity index (χ1n) is 8.49. The van der Waals surface area contributed by atoms with E-state index in [1.165, 1.54) is 0 Å². The number of rotatable bonds is 5. The fourth-order valence-corrected chi connectivity index (χ4v) is 2.93. The number of nitrogens with one attached hydrogen (secondary N) is 2. The van der Waals surface area contributed by atoms with Crippen molar-refractivity contribution in [3.63, 3.8) is 0 Å². The van der Waals surface area contributed by atoms with Crippen LogP contribution in [0.2, 0.25) is 0 Å². The maximum Gasteiger partial charge on any atom is 0.253 e. The van der Waals surface area contributed by atoms with Gasteiger partial charge in [0.2, 0.25) is 5.91 Å². The lowest BCUT2D eigenvalue weighted by atomic mass is 10.0. The lowest BCUT2D eigenvalue weighted by molar-refractivity contribution is -0.117. The van der Waals surface area contributed by atoms with Crippen LogP contribution >= 0.6 is 0 Å². The predicted octanol–water partition coefficient (Wildman–Crippen LogP) is 1.91. The average molecular weight is 338 g/mol. The van der Waals surface area contributed by atoms with Crippen LogP contribution in [0.5, 0.6) is 0 Å². The van der Waals surface area contributed by atoms with E-state index in [0.717, 1.165) is 31.6 Å². The third-order valence-corrected chi connectivity index (χ3v) is 4.27. The summed E-state index contributed by atoms with van der Waals surface area (Å²) < 4.78 is 0. The smallest absolute Gasteiger partial charge is 0.253 e. The van der Waals surface area contributed by atoms with E-state index in [2.05, 4.69) is 20.5 Å². The summed E-state index contributed by atoms with van der Waals surface area (Å²) in [7, 11) is 0. The molecule has 0 spiro atoms. The van der Waals surface area contributed by atoms with Crippen molar-refractivity contribution < 1.29 is 9.59 Å². The Morgan fingerprint density at radius 2 is 1.84 bits per heavy atom. The molecular weight excluding hydrogens is 316 g/mol. The second kappa shape index (κ2) is 8.39. The number of amides is 2. The number of hydrogen-bond acceptors (Lipinski definition) is 4. The Morgan fingerprint density at radius 3 is 2.52 bits per heavy atom. The maximum atomic E-state index is 12.1. The van der Waals surface area contributed by atoms with Gasteiger partial charge in [-0.15, -0.1) is 0 Å². The minimum absolute atomic E-state index is 0.0101. The zero-order valence-electron chi connectivity index (χ0n) is 14.0. The number of carbonyl (C=O) groups excluding carboxylic acids is 2. The van der Waals surface area contributed by atoms with Crippen LogP contribution in [0.15, 0.2) is 54.9 Å². The van der Waals surface area contributed by atoms with Crippen molar-refractivity contribution in [2.24, 2.45) is 0 Å². The number of para-hydroxylation sites is 1. The van der Waals surface area contributed by atoms with Crippen molar-refractivity contribution >= 4 is 17.5 Å². The van der Waals surface area contributed by atoms with E-state index in [1.807, 2.05) is 30.3 Å². The third kappa shape index (κ3) is 5.12. The molecule has 0 saturated carbocycles. The maximum absolute atomic E-state index is 12.1. The lowest BCUT2D eigenvalue weighted by Crippen LogP contribution is -2.46. The molecule has 2 N–H and O–H groups in total. The van der Waals surface area contributed by atoms with Crippen LogP contribution < -0.4 is 10.6 Å². The Balaban J connectivity index is 1.41. The molecule has 0 atom stereocenters. The molecule has 6 heteroatoms. The molecule has 0 bridgehead atoms. The van der Waals surface area contributed by atoms with E-state index >= 15 is 0 Å². The molecule has 6 nitrogen and oxygen atoms in total. The molecule has 130 valence electrons. The Kier molecular flexibility index (Phi) is 5.74. The number of benzene rings is 1. The Morgan fingerprint density at radius 1 is 1.08 bits per heavy atom. The molecule has 1 aliphatic rings. The van der Waals surface area contributed by atoms with Crippen molar-refractivity contribution in [3.05, 3.63) is 60.4 Å². The molecule has 2 heterocycles. The minimum atomic E-state index is -0.0895. The number of nitrogens with zero attached hydrogens (tertiary/aromatic N) is 2. The van der Waals surface area contributed by atoms with E-state index in [9.17, 15) is 9.59 Å². The molecule has 25 heavy (non-hydrogen) atoms. The Hall–Kier alpha value is -2.73. The second-order valence-electron chi connectivity index (χ2n) is 6.18. The number of piperidine rings is 1. The average Bonchev–Trinajstić information content (AvgIpc) is 2.65. The molecule has 1 aromatic heterocycles. The predicted molar refractivity (Wildman–Crippen MR) is 96.2 cm³/mol. The highest BCUT2D eigenvalue weighted by Crippen LogP contribution is 2.12. The summed E-state index contributed by atoms with van der Waals surface area (Å²) in [4.78, 5) is 30.3. The zero-order valence-corrected chi connectivity index (χ0v) is 14.0. The Bertz CT molecular complexity index is 698. The summed E-state index contributed by atoms with van der Waals surface area (Å²) in [6.07, 6.45) is 4.89. The first kappa shape index (κ1) is 17.1. The number of aromatic nitrogens is 1. The van der Waals surface area contributed by atoms with Gasteiger partial charge in [0, 0.05) is 37.2 Å². The molecule has 1 aliphatic heterocycles. The lowest BCUT2D eigenvalue weighted by Gasteiger charge is -2.31. The molecule has 2 amide bonds. The molecule has 1 fully saturated rings. The van der Waals surface area contributed by atoms with Crippen LogP contribution in [0.1, 0.15) is 23.2 Å². The minimum Gasteiger partial charge on any atom is -0.349 e. The number of hydrogen-bond donors (Lipinski definition) is 2. The largest absolute Gasteiger partial charge is 0.349 e. The van der Waals surface area contributed by atoms with Gasteiger partial charge < -0.3 is 10.6 Å². The molecule has 2 aromatic rings. The second-order valence-corrected chi connectivity index (χ2v) is 6.18. The van der Waals surface area contributed by atoms with E-state index in [0.29, 0.717) is 12.1 Å². The van der Waals surface area contributed by atoms with Gasteiger partial charge in [-0.2, -0.15) is 0 Å². The SMILES string of the molecule is O=C(CN1CCC(NC(=O)c2cccnc2)CC1)Nc1ccccc1.